The smallest absolute Gasteiger partial charge is 0.0540 e. The topological polar surface area (TPSA) is 3.24 Å². The summed E-state index contributed by atoms with van der Waals surface area (Å²) in [4.78, 5) is 2.47. The largest absolute Gasteiger partial charge is 0.310 e. The second kappa shape index (κ2) is 15.8. The van der Waals surface area contributed by atoms with Gasteiger partial charge in [-0.25, -0.2) is 0 Å². The summed E-state index contributed by atoms with van der Waals surface area (Å²) in [5, 5.41) is 5.18. The van der Waals surface area contributed by atoms with Gasteiger partial charge in [0, 0.05) is 42.3 Å². The third-order valence-electron chi connectivity index (χ3n) is 15.9. The lowest BCUT2D eigenvalue weighted by atomic mass is 9.82. The first-order valence-corrected chi connectivity index (χ1v) is 25.7. The van der Waals surface area contributed by atoms with Crippen molar-refractivity contribution in [2.24, 2.45) is 0 Å². The molecule has 0 saturated heterocycles. The fourth-order valence-corrected chi connectivity index (χ4v) is 13.8. The number of fused-ring (bicyclic) bond motifs is 8. The molecule has 1 heterocycles. The van der Waals surface area contributed by atoms with Crippen LogP contribution in [0.15, 0.2) is 212 Å². The van der Waals surface area contributed by atoms with Crippen molar-refractivity contribution in [3.8, 4) is 55.6 Å². The molecule has 0 radical (unpaired) electrons. The molecule has 11 aromatic rings. The number of hydrogen-bond donors (Lipinski definition) is 0. The van der Waals surface area contributed by atoms with Crippen LogP contribution < -0.4 is 4.90 Å². The second-order valence-corrected chi connectivity index (χ2v) is 22.7. The van der Waals surface area contributed by atoms with Gasteiger partial charge < -0.3 is 4.90 Å². The summed E-state index contributed by atoms with van der Waals surface area (Å²) < 4.78 is 2.73. The summed E-state index contributed by atoms with van der Waals surface area (Å²) in [5.41, 5.74) is 21.8. The van der Waals surface area contributed by atoms with Gasteiger partial charge in [0.05, 0.1) is 5.69 Å². The summed E-state index contributed by atoms with van der Waals surface area (Å²) in [6.07, 6.45) is 1.18. The molecule has 0 N–H and O–H groups in total. The van der Waals surface area contributed by atoms with Crippen molar-refractivity contribution < 1.29 is 0 Å². The van der Waals surface area contributed by atoms with Gasteiger partial charge in [-0.1, -0.05) is 199 Å². The zero-order valence-corrected chi connectivity index (χ0v) is 41.6. The first kappa shape index (κ1) is 42.6. The Morgan fingerprint density at radius 3 is 1.61 bits per heavy atom. The van der Waals surface area contributed by atoms with E-state index in [0.29, 0.717) is 0 Å². The summed E-state index contributed by atoms with van der Waals surface area (Å²) in [5.74, 6) is 0. The SMILES string of the molecule is CC1(C)CC(C)(C)c2cc3c(cc21)sc1cc(-c2cccc4c(N(c5cccc(-c6ccc(-c7ccccc7)cc6)c5)c5cccc(-c6ccc7c(c6)-c6ccccc6C7(C)C)c5)cccc24)ccc13. The van der Waals surface area contributed by atoms with Crippen molar-refractivity contribution in [2.75, 3.05) is 4.90 Å². The lowest BCUT2D eigenvalue weighted by molar-refractivity contribution is 0.403. The molecular weight excluding hydrogens is 863 g/mol. The normalized spacial score (nSPS) is 15.0. The molecule has 70 heavy (non-hydrogen) atoms. The zero-order valence-electron chi connectivity index (χ0n) is 40.8. The summed E-state index contributed by atoms with van der Waals surface area (Å²) in [6, 6.07) is 79.7. The Kier molecular flexibility index (Phi) is 9.58. The van der Waals surface area contributed by atoms with E-state index in [1.54, 1.807) is 0 Å². The highest BCUT2D eigenvalue weighted by atomic mass is 32.1. The van der Waals surface area contributed by atoms with Crippen molar-refractivity contribution in [1.29, 1.82) is 0 Å². The maximum atomic E-state index is 2.52. The molecule has 0 bridgehead atoms. The standard InChI is InChI=1S/C68H55NS/c1-66(2)42-67(3,4)62-41-65-58(40-61(62)66)56-34-32-49(39-64(56)70-65)52-23-14-25-55-53(52)24-15-27-63(55)69(50-20-12-18-46(36-50)45-30-28-44(29-31-45)43-16-8-7-9-17-43)51-21-13-19-47(37-51)48-33-35-60-57(38-48)54-22-10-11-26-59(54)68(60,5)6/h7-41H,42H2,1-6H3. The van der Waals surface area contributed by atoms with Crippen molar-refractivity contribution in [3.05, 3.63) is 235 Å². The molecule has 0 atom stereocenters. The minimum Gasteiger partial charge on any atom is -0.310 e. The van der Waals surface area contributed by atoms with E-state index in [4.69, 9.17) is 0 Å². The average molecular weight is 918 g/mol. The summed E-state index contributed by atoms with van der Waals surface area (Å²) >= 11 is 1.94. The molecule has 0 saturated carbocycles. The van der Waals surface area contributed by atoms with Crippen LogP contribution in [0.4, 0.5) is 17.1 Å². The Hall–Kier alpha value is -7.52. The lowest BCUT2D eigenvalue weighted by Gasteiger charge is -2.28. The Morgan fingerprint density at radius 1 is 0.329 bits per heavy atom. The van der Waals surface area contributed by atoms with Gasteiger partial charge in [0.2, 0.25) is 0 Å². The molecule has 0 spiro atoms. The number of nitrogens with zero attached hydrogens (tertiary/aromatic N) is 1. The molecule has 0 aliphatic heterocycles. The fraction of sp³-hybridized carbons (Fsp3) is 0.147. The molecular formula is C68H55NS. The summed E-state index contributed by atoms with van der Waals surface area (Å²) in [7, 11) is 0. The van der Waals surface area contributed by atoms with Crippen molar-refractivity contribution in [3.63, 3.8) is 0 Å². The zero-order chi connectivity index (χ0) is 47.5. The van der Waals surface area contributed by atoms with Gasteiger partial charge in [-0.2, -0.15) is 0 Å². The Balaban J connectivity index is 0.946. The number of thiophene rings is 1. The average Bonchev–Trinajstić information content (AvgIpc) is 3.93. The highest BCUT2D eigenvalue weighted by molar-refractivity contribution is 7.25. The van der Waals surface area contributed by atoms with E-state index >= 15 is 0 Å². The van der Waals surface area contributed by atoms with Crippen LogP contribution in [0.5, 0.6) is 0 Å². The molecule has 0 unspecified atom stereocenters. The molecule has 338 valence electrons. The predicted molar refractivity (Wildman–Crippen MR) is 301 cm³/mol. The van der Waals surface area contributed by atoms with E-state index in [1.807, 2.05) is 11.3 Å². The van der Waals surface area contributed by atoms with Gasteiger partial charge in [-0.3, -0.25) is 0 Å². The van der Waals surface area contributed by atoms with Crippen LogP contribution in [0, 0.1) is 0 Å². The number of benzene rings is 10. The van der Waals surface area contributed by atoms with E-state index in [9.17, 15) is 0 Å². The fourth-order valence-electron chi connectivity index (χ4n) is 12.6. The molecule has 1 aromatic heterocycles. The molecule has 1 nitrogen and oxygen atoms in total. The van der Waals surface area contributed by atoms with E-state index < -0.39 is 0 Å². The predicted octanol–water partition coefficient (Wildman–Crippen LogP) is 19.6. The van der Waals surface area contributed by atoms with E-state index in [1.165, 1.54) is 115 Å². The van der Waals surface area contributed by atoms with E-state index in [-0.39, 0.29) is 16.2 Å². The van der Waals surface area contributed by atoms with Gasteiger partial charge in [-0.15, -0.1) is 11.3 Å². The van der Waals surface area contributed by atoms with Crippen LogP contribution in [0.25, 0.3) is 86.6 Å². The van der Waals surface area contributed by atoms with Crippen LogP contribution in [-0.2, 0) is 16.2 Å². The summed E-state index contributed by atoms with van der Waals surface area (Å²) in [6.45, 7) is 14.4. The molecule has 0 amide bonds. The number of hydrogen-bond acceptors (Lipinski definition) is 2. The Labute approximate surface area is 416 Å². The van der Waals surface area contributed by atoms with Crippen LogP contribution in [0.2, 0.25) is 0 Å². The van der Waals surface area contributed by atoms with E-state index in [2.05, 4.69) is 259 Å². The molecule has 2 aliphatic carbocycles. The van der Waals surface area contributed by atoms with Gasteiger partial charge in [0.1, 0.15) is 0 Å². The maximum absolute atomic E-state index is 2.52. The highest BCUT2D eigenvalue weighted by Crippen LogP contribution is 2.53. The van der Waals surface area contributed by atoms with E-state index in [0.717, 1.165) is 17.1 Å². The number of anilines is 3. The minimum atomic E-state index is -0.0399. The third kappa shape index (κ3) is 6.79. The quantitative estimate of drug-likeness (QED) is 0.154. The first-order chi connectivity index (χ1) is 33.9. The lowest BCUT2D eigenvalue weighted by Crippen LogP contribution is -2.17. The van der Waals surface area contributed by atoms with Gasteiger partial charge in [-0.05, 0) is 155 Å². The van der Waals surface area contributed by atoms with Crippen molar-refractivity contribution in [2.45, 2.75) is 64.2 Å². The second-order valence-electron chi connectivity index (χ2n) is 21.6. The molecule has 13 rings (SSSR count). The Morgan fingerprint density at radius 2 is 0.857 bits per heavy atom. The minimum absolute atomic E-state index is 0.0399. The molecule has 2 aliphatic rings. The van der Waals surface area contributed by atoms with Gasteiger partial charge in [0.15, 0.2) is 0 Å². The molecule has 10 aromatic carbocycles. The van der Waals surface area contributed by atoms with Crippen LogP contribution >= 0.6 is 11.3 Å². The van der Waals surface area contributed by atoms with Crippen LogP contribution in [0.1, 0.15) is 70.2 Å². The first-order valence-electron chi connectivity index (χ1n) is 24.9. The monoisotopic (exact) mass is 917 g/mol. The Bertz CT molecular complexity index is 3880. The maximum Gasteiger partial charge on any atom is 0.0540 e. The van der Waals surface area contributed by atoms with Crippen LogP contribution in [-0.4, -0.2) is 0 Å². The molecule has 0 fully saturated rings. The number of rotatable bonds is 7. The van der Waals surface area contributed by atoms with Gasteiger partial charge >= 0.3 is 0 Å². The van der Waals surface area contributed by atoms with Gasteiger partial charge in [0.25, 0.3) is 0 Å². The van der Waals surface area contributed by atoms with Crippen molar-refractivity contribution in [1.82, 2.24) is 0 Å². The highest BCUT2D eigenvalue weighted by Gasteiger charge is 2.42. The third-order valence-corrected chi connectivity index (χ3v) is 17.0. The van der Waals surface area contributed by atoms with Crippen LogP contribution in [0.3, 0.4) is 0 Å². The van der Waals surface area contributed by atoms with Crippen molar-refractivity contribution >= 4 is 59.3 Å². The molecule has 2 heteroatoms.